The van der Waals surface area contributed by atoms with Crippen LogP contribution in [0.5, 0.6) is 0 Å². The summed E-state index contributed by atoms with van der Waals surface area (Å²) >= 11 is 12.2. The van der Waals surface area contributed by atoms with Crippen LogP contribution in [0.1, 0.15) is 57.1 Å². The van der Waals surface area contributed by atoms with E-state index in [4.69, 9.17) is 23.2 Å². The number of carbonyl (C=O) groups excluding carboxylic acids is 2. The Bertz CT molecular complexity index is 1280. The Morgan fingerprint density at radius 1 is 1.02 bits per heavy atom. The number of halogens is 5. The number of anilines is 1. The number of hydrogen-bond donors (Lipinski definition) is 1. The van der Waals surface area contributed by atoms with Gasteiger partial charge in [-0.3, -0.25) is 13.9 Å². The van der Waals surface area contributed by atoms with E-state index < -0.39 is 33.7 Å². The second-order valence-electron chi connectivity index (χ2n) is 9.33. The molecule has 0 heterocycles. The quantitative estimate of drug-likeness (QED) is 0.251. The number of carbonyl (C=O) groups is 2. The Labute approximate surface area is 243 Å². The van der Waals surface area contributed by atoms with Crippen molar-refractivity contribution in [1.82, 2.24) is 10.2 Å². The molecule has 0 saturated heterocycles. The van der Waals surface area contributed by atoms with Crippen molar-refractivity contribution in [2.45, 2.75) is 64.7 Å². The van der Waals surface area contributed by atoms with Gasteiger partial charge in [-0.25, -0.2) is 8.42 Å². The molecule has 2 aromatic carbocycles. The second kappa shape index (κ2) is 14.9. The first-order valence-corrected chi connectivity index (χ1v) is 15.5. The van der Waals surface area contributed by atoms with Crippen molar-refractivity contribution >= 4 is 50.7 Å². The van der Waals surface area contributed by atoms with Crippen molar-refractivity contribution in [3.05, 3.63) is 63.6 Å². The molecule has 0 aromatic heterocycles. The molecule has 1 N–H and O–H groups in total. The third-order valence-corrected chi connectivity index (χ3v) is 8.10. The van der Waals surface area contributed by atoms with E-state index in [0.717, 1.165) is 41.6 Å². The summed E-state index contributed by atoms with van der Waals surface area (Å²) in [5.41, 5.74) is -0.495. The molecule has 222 valence electrons. The molecule has 2 aromatic rings. The van der Waals surface area contributed by atoms with Gasteiger partial charge in [-0.05, 0) is 55.2 Å². The minimum atomic E-state index is -4.65. The largest absolute Gasteiger partial charge is 0.416 e. The van der Waals surface area contributed by atoms with E-state index in [1.54, 1.807) is 25.1 Å². The lowest BCUT2D eigenvalue weighted by molar-refractivity contribution is -0.141. The van der Waals surface area contributed by atoms with Gasteiger partial charge in [0.15, 0.2) is 0 Å². The third kappa shape index (κ3) is 9.85. The average molecular weight is 625 g/mol. The Morgan fingerprint density at radius 3 is 2.30 bits per heavy atom. The van der Waals surface area contributed by atoms with Crippen molar-refractivity contribution in [3.63, 3.8) is 0 Å². The molecule has 0 aliphatic carbocycles. The predicted molar refractivity (Wildman–Crippen MR) is 152 cm³/mol. The Morgan fingerprint density at radius 2 is 1.73 bits per heavy atom. The molecule has 7 nitrogen and oxygen atoms in total. The number of rotatable bonds is 14. The second-order valence-corrected chi connectivity index (χ2v) is 12.0. The summed E-state index contributed by atoms with van der Waals surface area (Å²) in [6, 6.07) is 8.08. The number of sulfonamides is 1. The van der Waals surface area contributed by atoms with Crippen molar-refractivity contribution in [3.8, 4) is 0 Å². The first-order chi connectivity index (χ1) is 18.7. The van der Waals surface area contributed by atoms with E-state index in [2.05, 4.69) is 5.32 Å². The van der Waals surface area contributed by atoms with E-state index in [9.17, 15) is 31.2 Å². The SMILES string of the molecule is CCCCNC(=O)[C@H](CC)N(Cc1ccc(Cl)c(Cl)c1)C(=O)CCCN(c1cccc(C(F)(F)F)c1)S(C)(=O)=O. The Balaban J connectivity index is 2.27. The number of hydrogen-bond acceptors (Lipinski definition) is 4. The van der Waals surface area contributed by atoms with Crippen LogP contribution in [-0.2, 0) is 32.3 Å². The molecule has 2 amide bonds. The van der Waals surface area contributed by atoms with Crippen LogP contribution < -0.4 is 9.62 Å². The summed E-state index contributed by atoms with van der Waals surface area (Å²) in [4.78, 5) is 27.9. The van der Waals surface area contributed by atoms with E-state index in [-0.39, 0.29) is 42.5 Å². The summed E-state index contributed by atoms with van der Waals surface area (Å²) in [6.45, 7) is 4.05. The number of unbranched alkanes of at least 4 members (excludes halogenated alkanes) is 1. The number of benzene rings is 2. The molecular formula is C27H34Cl2F3N3O4S. The van der Waals surface area contributed by atoms with Gasteiger partial charge in [0.1, 0.15) is 6.04 Å². The average Bonchev–Trinajstić information content (AvgIpc) is 2.87. The molecule has 13 heteroatoms. The summed E-state index contributed by atoms with van der Waals surface area (Å²) < 4.78 is 65.4. The number of alkyl halides is 3. The van der Waals surface area contributed by atoms with Crippen LogP contribution in [0.2, 0.25) is 10.0 Å². The third-order valence-electron chi connectivity index (χ3n) is 6.17. The first-order valence-electron chi connectivity index (χ1n) is 12.8. The van der Waals surface area contributed by atoms with Crippen LogP contribution in [0, 0.1) is 0 Å². The van der Waals surface area contributed by atoms with Crippen molar-refractivity contribution in [2.24, 2.45) is 0 Å². The highest BCUT2D eigenvalue weighted by Crippen LogP contribution is 2.32. The highest BCUT2D eigenvalue weighted by Gasteiger charge is 2.32. The van der Waals surface area contributed by atoms with Gasteiger partial charge in [0.05, 0.1) is 27.6 Å². The fraction of sp³-hybridized carbons (Fsp3) is 0.481. The van der Waals surface area contributed by atoms with E-state index in [1.807, 2.05) is 6.92 Å². The monoisotopic (exact) mass is 623 g/mol. The van der Waals surface area contributed by atoms with Gasteiger partial charge >= 0.3 is 6.18 Å². The maximum Gasteiger partial charge on any atom is 0.416 e. The zero-order valence-corrected chi connectivity index (χ0v) is 24.9. The highest BCUT2D eigenvalue weighted by atomic mass is 35.5. The van der Waals surface area contributed by atoms with Gasteiger partial charge in [-0.15, -0.1) is 0 Å². The van der Waals surface area contributed by atoms with Gasteiger partial charge in [0.2, 0.25) is 21.8 Å². The minimum Gasteiger partial charge on any atom is -0.354 e. The molecule has 2 rings (SSSR count). The van der Waals surface area contributed by atoms with E-state index >= 15 is 0 Å². The van der Waals surface area contributed by atoms with Crippen molar-refractivity contribution in [2.75, 3.05) is 23.7 Å². The zero-order chi connectivity index (χ0) is 30.1. The summed E-state index contributed by atoms with van der Waals surface area (Å²) in [7, 11) is -3.95. The minimum absolute atomic E-state index is 0.00785. The normalized spacial score (nSPS) is 12.6. The Hall–Kier alpha value is -2.50. The maximum absolute atomic E-state index is 13.5. The van der Waals surface area contributed by atoms with E-state index in [0.29, 0.717) is 23.6 Å². The summed E-state index contributed by atoms with van der Waals surface area (Å²) in [5, 5.41) is 3.47. The van der Waals surface area contributed by atoms with Crippen LogP contribution in [0.4, 0.5) is 18.9 Å². The standard InChI is InChI=1S/C27H34Cl2F3N3O4S/c1-4-6-14-33-26(37)24(5-2)34(18-19-12-13-22(28)23(29)16-19)25(36)11-8-15-35(40(3,38)39)21-10-7-9-20(17-21)27(30,31)32/h7,9-10,12-13,16-17,24H,4-6,8,11,14-15,18H2,1-3H3,(H,33,37)/t24-/m0/s1. The topological polar surface area (TPSA) is 86.8 Å². The highest BCUT2D eigenvalue weighted by molar-refractivity contribution is 7.92. The number of nitrogens with one attached hydrogen (secondary N) is 1. The molecule has 0 saturated carbocycles. The molecule has 0 aliphatic heterocycles. The van der Waals surface area contributed by atoms with Crippen LogP contribution in [0.3, 0.4) is 0 Å². The molecule has 0 unspecified atom stereocenters. The molecule has 0 aliphatic rings. The first kappa shape index (κ1) is 33.7. The van der Waals surface area contributed by atoms with Gasteiger partial charge in [0.25, 0.3) is 0 Å². The van der Waals surface area contributed by atoms with Crippen LogP contribution >= 0.6 is 23.2 Å². The van der Waals surface area contributed by atoms with Crippen LogP contribution in [-0.4, -0.2) is 50.5 Å². The van der Waals surface area contributed by atoms with Gasteiger partial charge < -0.3 is 10.2 Å². The fourth-order valence-corrected chi connectivity index (χ4v) is 5.38. The van der Waals surface area contributed by atoms with Gasteiger partial charge in [0, 0.05) is 26.1 Å². The van der Waals surface area contributed by atoms with Gasteiger partial charge in [-0.1, -0.05) is 55.6 Å². The Kier molecular flexibility index (Phi) is 12.6. The smallest absolute Gasteiger partial charge is 0.354 e. The molecular weight excluding hydrogens is 590 g/mol. The molecule has 0 spiro atoms. The van der Waals surface area contributed by atoms with Crippen LogP contribution in [0.15, 0.2) is 42.5 Å². The van der Waals surface area contributed by atoms with E-state index in [1.165, 1.54) is 11.0 Å². The zero-order valence-electron chi connectivity index (χ0n) is 22.6. The summed E-state index contributed by atoms with van der Waals surface area (Å²) in [5.74, 6) is -0.729. The molecule has 0 radical (unpaired) electrons. The number of amides is 2. The summed E-state index contributed by atoms with van der Waals surface area (Å²) in [6.07, 6.45) is -1.92. The number of nitrogens with zero attached hydrogens (tertiary/aromatic N) is 2. The molecule has 1 atom stereocenters. The van der Waals surface area contributed by atoms with Gasteiger partial charge in [-0.2, -0.15) is 13.2 Å². The predicted octanol–water partition coefficient (Wildman–Crippen LogP) is 6.28. The molecule has 40 heavy (non-hydrogen) atoms. The lowest BCUT2D eigenvalue weighted by Gasteiger charge is -2.31. The lowest BCUT2D eigenvalue weighted by atomic mass is 10.1. The van der Waals surface area contributed by atoms with Crippen molar-refractivity contribution < 1.29 is 31.2 Å². The maximum atomic E-state index is 13.5. The molecule has 0 bridgehead atoms. The lowest BCUT2D eigenvalue weighted by Crippen LogP contribution is -2.49. The molecule has 0 fully saturated rings. The fourth-order valence-electron chi connectivity index (χ4n) is 4.10. The van der Waals surface area contributed by atoms with Crippen molar-refractivity contribution in [1.29, 1.82) is 0 Å². The van der Waals surface area contributed by atoms with Crippen LogP contribution in [0.25, 0.3) is 0 Å².